The minimum absolute atomic E-state index is 0.319. The Kier molecular flexibility index (Phi) is 8.07. The Balaban J connectivity index is 4.19. The third-order valence-electron chi connectivity index (χ3n) is 3.03. The second-order valence-corrected chi connectivity index (χ2v) is 5.04. The molecule has 2 N–H and O–H groups in total. The van der Waals surface area contributed by atoms with Crippen molar-refractivity contribution in [3.05, 3.63) is 0 Å². The van der Waals surface area contributed by atoms with Gasteiger partial charge in [-0.1, -0.05) is 34.1 Å². The van der Waals surface area contributed by atoms with Gasteiger partial charge in [0.1, 0.15) is 0 Å². The standard InChI is InChI=1S/C13H30N2/c1-5-8-13(4,11-14)12-15(9-6-2)10-7-3/h5-12,14H2,1-4H3. The van der Waals surface area contributed by atoms with Gasteiger partial charge in [-0.2, -0.15) is 0 Å². The van der Waals surface area contributed by atoms with Gasteiger partial charge in [-0.25, -0.2) is 0 Å². The maximum absolute atomic E-state index is 5.91. The van der Waals surface area contributed by atoms with E-state index in [1.165, 1.54) is 45.3 Å². The van der Waals surface area contributed by atoms with Crippen molar-refractivity contribution in [1.29, 1.82) is 0 Å². The molecule has 15 heavy (non-hydrogen) atoms. The lowest BCUT2D eigenvalue weighted by Crippen LogP contribution is -2.41. The molecule has 0 aliphatic heterocycles. The smallest absolute Gasteiger partial charge is 0.00474 e. The largest absolute Gasteiger partial charge is 0.330 e. The van der Waals surface area contributed by atoms with E-state index in [0.29, 0.717) is 5.41 Å². The second-order valence-electron chi connectivity index (χ2n) is 5.04. The van der Waals surface area contributed by atoms with E-state index in [4.69, 9.17) is 5.73 Å². The Bertz CT molecular complexity index is 141. The highest BCUT2D eigenvalue weighted by molar-refractivity contribution is 4.79. The van der Waals surface area contributed by atoms with Crippen molar-refractivity contribution in [3.8, 4) is 0 Å². The summed E-state index contributed by atoms with van der Waals surface area (Å²) in [5, 5.41) is 0. The van der Waals surface area contributed by atoms with Crippen LogP contribution < -0.4 is 5.73 Å². The normalized spacial score (nSPS) is 15.6. The van der Waals surface area contributed by atoms with E-state index in [0.717, 1.165) is 6.54 Å². The summed E-state index contributed by atoms with van der Waals surface area (Å²) in [4.78, 5) is 2.57. The van der Waals surface area contributed by atoms with Crippen LogP contribution in [0.15, 0.2) is 0 Å². The molecule has 1 unspecified atom stereocenters. The summed E-state index contributed by atoms with van der Waals surface area (Å²) in [5.74, 6) is 0. The van der Waals surface area contributed by atoms with Gasteiger partial charge in [0.2, 0.25) is 0 Å². The lowest BCUT2D eigenvalue weighted by atomic mass is 9.85. The lowest BCUT2D eigenvalue weighted by molar-refractivity contribution is 0.158. The summed E-state index contributed by atoms with van der Waals surface area (Å²) in [6, 6.07) is 0. The van der Waals surface area contributed by atoms with E-state index < -0.39 is 0 Å². The Morgan fingerprint density at radius 1 is 1.00 bits per heavy atom. The summed E-state index contributed by atoms with van der Waals surface area (Å²) < 4.78 is 0. The van der Waals surface area contributed by atoms with Crippen molar-refractivity contribution in [2.75, 3.05) is 26.2 Å². The van der Waals surface area contributed by atoms with Gasteiger partial charge in [0.15, 0.2) is 0 Å². The molecular weight excluding hydrogens is 184 g/mol. The van der Waals surface area contributed by atoms with Crippen molar-refractivity contribution in [2.24, 2.45) is 11.1 Å². The molecule has 0 aromatic carbocycles. The highest BCUT2D eigenvalue weighted by atomic mass is 15.1. The van der Waals surface area contributed by atoms with Crippen LogP contribution >= 0.6 is 0 Å². The highest BCUT2D eigenvalue weighted by Gasteiger charge is 2.23. The molecule has 0 aromatic heterocycles. The maximum atomic E-state index is 5.91. The minimum Gasteiger partial charge on any atom is -0.330 e. The van der Waals surface area contributed by atoms with E-state index in [2.05, 4.69) is 32.6 Å². The fourth-order valence-corrected chi connectivity index (χ4v) is 2.29. The average molecular weight is 214 g/mol. The van der Waals surface area contributed by atoms with Crippen LogP contribution in [0.25, 0.3) is 0 Å². The highest BCUT2D eigenvalue weighted by Crippen LogP contribution is 2.23. The minimum atomic E-state index is 0.319. The van der Waals surface area contributed by atoms with Gasteiger partial charge in [-0.15, -0.1) is 0 Å². The van der Waals surface area contributed by atoms with E-state index in [1.54, 1.807) is 0 Å². The van der Waals surface area contributed by atoms with Crippen LogP contribution in [0.2, 0.25) is 0 Å². The van der Waals surface area contributed by atoms with Crippen molar-refractivity contribution >= 4 is 0 Å². The molecule has 2 heteroatoms. The summed E-state index contributed by atoms with van der Waals surface area (Å²) in [6.45, 7) is 13.5. The van der Waals surface area contributed by atoms with Crippen LogP contribution in [0.4, 0.5) is 0 Å². The number of hydrogen-bond donors (Lipinski definition) is 1. The van der Waals surface area contributed by atoms with Crippen molar-refractivity contribution in [3.63, 3.8) is 0 Å². The quantitative estimate of drug-likeness (QED) is 0.639. The first-order valence-corrected chi connectivity index (χ1v) is 6.54. The van der Waals surface area contributed by atoms with Crippen LogP contribution in [-0.4, -0.2) is 31.1 Å². The number of nitrogens with zero attached hydrogens (tertiary/aromatic N) is 1. The van der Waals surface area contributed by atoms with Crippen molar-refractivity contribution in [1.82, 2.24) is 4.90 Å². The van der Waals surface area contributed by atoms with Crippen molar-refractivity contribution in [2.45, 2.75) is 53.4 Å². The predicted molar refractivity (Wildman–Crippen MR) is 69.1 cm³/mol. The van der Waals surface area contributed by atoms with E-state index in [1.807, 2.05) is 0 Å². The maximum Gasteiger partial charge on any atom is 0.00474 e. The molecule has 0 radical (unpaired) electrons. The summed E-state index contributed by atoms with van der Waals surface area (Å²) in [6.07, 6.45) is 4.97. The average Bonchev–Trinajstić information content (AvgIpc) is 2.19. The first-order chi connectivity index (χ1) is 7.11. The van der Waals surface area contributed by atoms with Gasteiger partial charge < -0.3 is 10.6 Å². The van der Waals surface area contributed by atoms with Crippen LogP contribution in [0.3, 0.4) is 0 Å². The van der Waals surface area contributed by atoms with Gasteiger partial charge >= 0.3 is 0 Å². The number of nitrogens with two attached hydrogens (primary N) is 1. The first-order valence-electron chi connectivity index (χ1n) is 6.54. The predicted octanol–water partition coefficient (Wildman–Crippen LogP) is 2.87. The third-order valence-corrected chi connectivity index (χ3v) is 3.03. The van der Waals surface area contributed by atoms with Crippen LogP contribution in [0.5, 0.6) is 0 Å². The molecule has 0 aliphatic rings. The van der Waals surface area contributed by atoms with E-state index in [-0.39, 0.29) is 0 Å². The Morgan fingerprint density at radius 3 is 1.87 bits per heavy atom. The molecular formula is C13H30N2. The lowest BCUT2D eigenvalue weighted by Gasteiger charge is -2.34. The van der Waals surface area contributed by atoms with Gasteiger partial charge in [-0.05, 0) is 44.3 Å². The zero-order valence-electron chi connectivity index (χ0n) is 11.2. The van der Waals surface area contributed by atoms with Gasteiger partial charge in [0.25, 0.3) is 0 Å². The molecule has 2 nitrogen and oxygen atoms in total. The third kappa shape index (κ3) is 6.16. The molecule has 0 heterocycles. The van der Waals surface area contributed by atoms with E-state index in [9.17, 15) is 0 Å². The summed E-state index contributed by atoms with van der Waals surface area (Å²) >= 11 is 0. The molecule has 0 spiro atoms. The Morgan fingerprint density at radius 2 is 1.53 bits per heavy atom. The van der Waals surface area contributed by atoms with Crippen molar-refractivity contribution < 1.29 is 0 Å². The zero-order chi connectivity index (χ0) is 11.7. The van der Waals surface area contributed by atoms with Gasteiger partial charge in [0, 0.05) is 6.54 Å². The molecule has 0 saturated heterocycles. The second kappa shape index (κ2) is 8.12. The van der Waals surface area contributed by atoms with Gasteiger partial charge in [-0.3, -0.25) is 0 Å². The molecule has 0 amide bonds. The molecule has 0 aliphatic carbocycles. The van der Waals surface area contributed by atoms with Crippen LogP contribution in [-0.2, 0) is 0 Å². The molecule has 0 fully saturated rings. The molecule has 1 atom stereocenters. The summed E-state index contributed by atoms with van der Waals surface area (Å²) in [7, 11) is 0. The monoisotopic (exact) mass is 214 g/mol. The molecule has 0 aromatic rings. The molecule has 0 bridgehead atoms. The molecule has 92 valence electrons. The first kappa shape index (κ1) is 14.9. The van der Waals surface area contributed by atoms with Crippen LogP contribution in [0, 0.1) is 5.41 Å². The fourth-order valence-electron chi connectivity index (χ4n) is 2.29. The SMILES string of the molecule is CCCN(CCC)CC(C)(CN)CCC. The topological polar surface area (TPSA) is 29.3 Å². The van der Waals surface area contributed by atoms with Gasteiger partial charge in [0.05, 0.1) is 0 Å². The Hall–Kier alpha value is -0.0800. The fraction of sp³-hybridized carbons (Fsp3) is 1.00. The van der Waals surface area contributed by atoms with Crippen LogP contribution in [0.1, 0.15) is 53.4 Å². The zero-order valence-corrected chi connectivity index (χ0v) is 11.2. The molecule has 0 rings (SSSR count). The number of rotatable bonds is 9. The Labute approximate surface area is 96.2 Å². The van der Waals surface area contributed by atoms with E-state index >= 15 is 0 Å². The molecule has 0 saturated carbocycles. The summed E-state index contributed by atoms with van der Waals surface area (Å²) in [5.41, 5.74) is 6.23. The number of hydrogen-bond acceptors (Lipinski definition) is 2.